The second kappa shape index (κ2) is 7.61. The van der Waals surface area contributed by atoms with Crippen LogP contribution in [0.4, 0.5) is 5.69 Å². The molecule has 8 heteroatoms. The summed E-state index contributed by atoms with van der Waals surface area (Å²) >= 11 is 0. The molecule has 1 saturated carbocycles. The molecule has 152 valence electrons. The first-order valence-corrected chi connectivity index (χ1v) is 10.2. The number of aliphatic hydroxyl groups excluding tert-OH is 1. The highest BCUT2D eigenvalue weighted by atomic mass is 16.5. The number of benzene rings is 1. The molecule has 0 bridgehead atoms. The van der Waals surface area contributed by atoms with E-state index in [4.69, 9.17) is 9.63 Å². The van der Waals surface area contributed by atoms with Crippen LogP contribution < -0.4 is 10.5 Å². The van der Waals surface area contributed by atoms with Crippen LogP contribution in [-0.2, 0) is 13.1 Å². The second-order valence-electron chi connectivity index (χ2n) is 7.93. The first-order chi connectivity index (χ1) is 14.2. The fourth-order valence-electron chi connectivity index (χ4n) is 3.97. The van der Waals surface area contributed by atoms with Gasteiger partial charge in [-0.2, -0.15) is 0 Å². The summed E-state index contributed by atoms with van der Waals surface area (Å²) in [4.78, 5) is 21.6. The van der Waals surface area contributed by atoms with Gasteiger partial charge in [-0.05, 0) is 31.0 Å². The molecule has 3 aromatic rings. The lowest BCUT2D eigenvalue weighted by Crippen LogP contribution is -2.46. The molecule has 0 atom stereocenters. The van der Waals surface area contributed by atoms with Crippen LogP contribution in [0.3, 0.4) is 0 Å². The molecule has 0 unspecified atom stereocenters. The standard InChI is InChI=1S/C21H25N5O3/c27-10-9-26-14-22-19-12-17(3-4-18(19)21(26)28)25-7-5-24(6-8-25)13-16-11-20(29-23-16)15-1-2-15/h3-4,11-12,14-15,27H,1-2,5-10,13H2. The maximum Gasteiger partial charge on any atom is 0.261 e. The summed E-state index contributed by atoms with van der Waals surface area (Å²) in [5.41, 5.74) is 2.69. The van der Waals surface area contributed by atoms with E-state index in [1.165, 1.54) is 23.7 Å². The minimum Gasteiger partial charge on any atom is -0.395 e. The largest absolute Gasteiger partial charge is 0.395 e. The highest BCUT2D eigenvalue weighted by Crippen LogP contribution is 2.40. The molecule has 1 aromatic carbocycles. The third kappa shape index (κ3) is 3.77. The van der Waals surface area contributed by atoms with Crippen LogP contribution in [0.1, 0.15) is 30.2 Å². The summed E-state index contributed by atoms with van der Waals surface area (Å²) in [7, 11) is 0. The van der Waals surface area contributed by atoms with Gasteiger partial charge in [0.1, 0.15) is 5.76 Å². The Morgan fingerprint density at radius 1 is 1.14 bits per heavy atom. The lowest BCUT2D eigenvalue weighted by atomic mass is 10.2. The van der Waals surface area contributed by atoms with Gasteiger partial charge in [-0.15, -0.1) is 0 Å². The van der Waals surface area contributed by atoms with Crippen molar-refractivity contribution in [2.24, 2.45) is 0 Å². The van der Waals surface area contributed by atoms with E-state index in [-0.39, 0.29) is 18.7 Å². The quantitative estimate of drug-likeness (QED) is 0.678. The second-order valence-corrected chi connectivity index (χ2v) is 7.93. The third-order valence-corrected chi connectivity index (χ3v) is 5.83. The van der Waals surface area contributed by atoms with Crippen molar-refractivity contribution in [3.05, 3.63) is 52.4 Å². The molecule has 5 rings (SSSR count). The first-order valence-electron chi connectivity index (χ1n) is 10.2. The van der Waals surface area contributed by atoms with Gasteiger partial charge in [0.2, 0.25) is 0 Å². The Bertz CT molecular complexity index is 1060. The minimum atomic E-state index is -0.112. The number of anilines is 1. The van der Waals surface area contributed by atoms with Crippen LogP contribution in [-0.4, -0.2) is 57.5 Å². The fraction of sp³-hybridized carbons (Fsp3) is 0.476. The Balaban J connectivity index is 1.24. The molecule has 1 aliphatic heterocycles. The topological polar surface area (TPSA) is 87.6 Å². The van der Waals surface area contributed by atoms with E-state index in [9.17, 15) is 4.79 Å². The molecule has 0 spiro atoms. The van der Waals surface area contributed by atoms with Crippen molar-refractivity contribution in [1.29, 1.82) is 0 Å². The highest BCUT2D eigenvalue weighted by molar-refractivity contribution is 5.81. The van der Waals surface area contributed by atoms with Crippen LogP contribution in [0.25, 0.3) is 10.9 Å². The van der Waals surface area contributed by atoms with Crippen molar-refractivity contribution in [3.63, 3.8) is 0 Å². The number of piperazine rings is 1. The summed E-state index contributed by atoms with van der Waals surface area (Å²) in [6, 6.07) is 7.93. The van der Waals surface area contributed by atoms with Gasteiger partial charge in [0, 0.05) is 50.4 Å². The lowest BCUT2D eigenvalue weighted by Gasteiger charge is -2.35. The number of fused-ring (bicyclic) bond motifs is 1. The van der Waals surface area contributed by atoms with E-state index in [1.807, 2.05) is 18.2 Å². The molecule has 1 saturated heterocycles. The Morgan fingerprint density at radius 2 is 1.97 bits per heavy atom. The van der Waals surface area contributed by atoms with Crippen molar-refractivity contribution < 1.29 is 9.63 Å². The van der Waals surface area contributed by atoms with Crippen LogP contribution in [0, 0.1) is 0 Å². The maximum absolute atomic E-state index is 12.4. The van der Waals surface area contributed by atoms with E-state index in [2.05, 4.69) is 26.0 Å². The molecule has 2 fully saturated rings. The molecule has 8 nitrogen and oxygen atoms in total. The summed E-state index contributed by atoms with van der Waals surface area (Å²) in [5.74, 6) is 1.64. The predicted molar refractivity (Wildman–Crippen MR) is 109 cm³/mol. The van der Waals surface area contributed by atoms with E-state index in [0.717, 1.165) is 49.9 Å². The number of rotatable bonds is 6. The minimum absolute atomic E-state index is 0.0777. The molecular weight excluding hydrogens is 370 g/mol. The Labute approximate surface area is 168 Å². The van der Waals surface area contributed by atoms with Gasteiger partial charge in [-0.25, -0.2) is 4.98 Å². The highest BCUT2D eigenvalue weighted by Gasteiger charge is 2.28. The number of hydrogen-bond acceptors (Lipinski definition) is 7. The van der Waals surface area contributed by atoms with E-state index in [0.29, 0.717) is 16.8 Å². The molecular formula is C21H25N5O3. The van der Waals surface area contributed by atoms with Gasteiger partial charge >= 0.3 is 0 Å². The summed E-state index contributed by atoms with van der Waals surface area (Å²) in [6.07, 6.45) is 3.96. The molecule has 29 heavy (non-hydrogen) atoms. The zero-order chi connectivity index (χ0) is 19.8. The SMILES string of the molecule is O=c1c2ccc(N3CCN(Cc4cc(C5CC5)on4)CC3)cc2ncn1CCO. The van der Waals surface area contributed by atoms with Gasteiger partial charge in [0.25, 0.3) is 5.56 Å². The van der Waals surface area contributed by atoms with Crippen LogP contribution in [0.2, 0.25) is 0 Å². The number of aliphatic hydroxyl groups is 1. The van der Waals surface area contributed by atoms with Gasteiger partial charge in [-0.3, -0.25) is 14.3 Å². The van der Waals surface area contributed by atoms with Crippen molar-refractivity contribution in [3.8, 4) is 0 Å². The third-order valence-electron chi connectivity index (χ3n) is 5.83. The van der Waals surface area contributed by atoms with Crippen molar-refractivity contribution in [2.45, 2.75) is 31.8 Å². The first kappa shape index (κ1) is 18.3. The monoisotopic (exact) mass is 395 g/mol. The molecule has 1 aliphatic carbocycles. The van der Waals surface area contributed by atoms with Crippen molar-refractivity contribution >= 4 is 16.6 Å². The smallest absolute Gasteiger partial charge is 0.261 e. The average molecular weight is 395 g/mol. The lowest BCUT2D eigenvalue weighted by molar-refractivity contribution is 0.241. The van der Waals surface area contributed by atoms with Crippen molar-refractivity contribution in [2.75, 3.05) is 37.7 Å². The molecule has 0 radical (unpaired) electrons. The molecule has 2 aliphatic rings. The average Bonchev–Trinajstić information content (AvgIpc) is 3.50. The number of aromatic nitrogens is 3. The zero-order valence-electron chi connectivity index (χ0n) is 16.3. The summed E-state index contributed by atoms with van der Waals surface area (Å²) in [6.45, 7) is 4.75. The molecule has 1 N–H and O–H groups in total. The van der Waals surface area contributed by atoms with Crippen molar-refractivity contribution in [1.82, 2.24) is 19.6 Å². The van der Waals surface area contributed by atoms with Crippen LogP contribution in [0.5, 0.6) is 0 Å². The van der Waals surface area contributed by atoms with Gasteiger partial charge in [0.15, 0.2) is 0 Å². The summed E-state index contributed by atoms with van der Waals surface area (Å²) < 4.78 is 6.90. The molecule has 2 aromatic heterocycles. The Hall–Kier alpha value is -2.71. The Morgan fingerprint density at radius 3 is 2.72 bits per heavy atom. The summed E-state index contributed by atoms with van der Waals surface area (Å²) in [5, 5.41) is 13.9. The molecule has 0 amide bonds. The van der Waals surface area contributed by atoms with Gasteiger partial charge < -0.3 is 14.5 Å². The van der Waals surface area contributed by atoms with Gasteiger partial charge in [0.05, 0.1) is 36.1 Å². The molecule has 3 heterocycles. The predicted octanol–water partition coefficient (Wildman–Crippen LogP) is 1.58. The van der Waals surface area contributed by atoms with E-state index >= 15 is 0 Å². The number of nitrogens with zero attached hydrogens (tertiary/aromatic N) is 5. The normalized spacial score (nSPS) is 17.9. The van der Waals surface area contributed by atoms with E-state index < -0.39 is 0 Å². The van der Waals surface area contributed by atoms with Crippen LogP contribution >= 0.6 is 0 Å². The van der Waals surface area contributed by atoms with Gasteiger partial charge in [-0.1, -0.05) is 5.16 Å². The fourth-order valence-corrected chi connectivity index (χ4v) is 3.97. The Kier molecular flexibility index (Phi) is 4.81. The maximum atomic E-state index is 12.4. The van der Waals surface area contributed by atoms with Crippen LogP contribution in [0.15, 0.2) is 39.9 Å². The number of hydrogen-bond donors (Lipinski definition) is 1. The zero-order valence-corrected chi connectivity index (χ0v) is 16.3. The van der Waals surface area contributed by atoms with E-state index in [1.54, 1.807) is 0 Å².